The molecule has 0 aliphatic rings. The summed E-state index contributed by atoms with van der Waals surface area (Å²) < 4.78 is 24.3. The van der Waals surface area contributed by atoms with E-state index < -0.39 is 21.5 Å². The number of hydrogen-bond acceptors (Lipinski definition) is 6. The van der Waals surface area contributed by atoms with Gasteiger partial charge in [-0.3, -0.25) is 4.79 Å². The Morgan fingerprint density at radius 2 is 1.91 bits per heavy atom. The van der Waals surface area contributed by atoms with Gasteiger partial charge in [-0.25, -0.2) is 18.4 Å². The summed E-state index contributed by atoms with van der Waals surface area (Å²) in [5.74, 6) is -0.943. The summed E-state index contributed by atoms with van der Waals surface area (Å²) in [4.78, 5) is 20.9. The molecule has 2 aromatic heterocycles. The molecule has 22 heavy (non-hydrogen) atoms. The normalized spacial score (nSPS) is 11.5. The predicted octanol–water partition coefficient (Wildman–Crippen LogP) is 2.10. The number of sulfone groups is 1. The van der Waals surface area contributed by atoms with Crippen molar-refractivity contribution in [2.75, 3.05) is 11.1 Å². The molecule has 1 aromatic carbocycles. The van der Waals surface area contributed by atoms with E-state index in [9.17, 15) is 13.2 Å². The van der Waals surface area contributed by atoms with Crippen molar-refractivity contribution in [1.82, 2.24) is 9.97 Å². The number of fused-ring (bicyclic) bond motifs is 1. The molecule has 8 heteroatoms. The zero-order valence-electron chi connectivity index (χ0n) is 11.3. The average Bonchev–Trinajstić information content (AvgIpc) is 2.97. The van der Waals surface area contributed by atoms with E-state index in [0.29, 0.717) is 11.2 Å². The molecule has 2 heterocycles. The summed E-state index contributed by atoms with van der Waals surface area (Å²) in [6.07, 6.45) is 1.33. The second kappa shape index (κ2) is 5.82. The van der Waals surface area contributed by atoms with Crippen LogP contribution in [0, 0.1) is 0 Å². The number of thiophene rings is 1. The number of amides is 1. The molecule has 3 aromatic rings. The molecule has 0 aliphatic heterocycles. The standard InChI is InChI=1S/C14H11N3O3S2/c18-12(8-22(19,20)10-4-2-1-3-5-10)17-13-11-6-7-21-14(11)16-9-15-13/h1-7,9H,8H2,(H,15,16,17,18). The molecule has 1 N–H and O–H groups in total. The van der Waals surface area contributed by atoms with Crippen LogP contribution in [0.2, 0.25) is 0 Å². The molecular weight excluding hydrogens is 322 g/mol. The molecule has 0 saturated heterocycles. The first kappa shape index (κ1) is 14.6. The third kappa shape index (κ3) is 2.97. The van der Waals surface area contributed by atoms with Crippen molar-refractivity contribution < 1.29 is 13.2 Å². The Balaban J connectivity index is 1.80. The van der Waals surface area contributed by atoms with Crippen LogP contribution in [-0.2, 0) is 14.6 Å². The second-order valence-corrected chi connectivity index (χ2v) is 7.37. The first-order chi connectivity index (χ1) is 10.6. The van der Waals surface area contributed by atoms with Crippen molar-refractivity contribution in [2.45, 2.75) is 4.90 Å². The Labute approximate surface area is 130 Å². The van der Waals surface area contributed by atoms with Crippen LogP contribution in [0.15, 0.2) is 53.0 Å². The van der Waals surface area contributed by atoms with Crippen LogP contribution in [0.4, 0.5) is 5.82 Å². The Kier molecular flexibility index (Phi) is 3.86. The van der Waals surface area contributed by atoms with E-state index in [4.69, 9.17) is 0 Å². The summed E-state index contributed by atoms with van der Waals surface area (Å²) in [7, 11) is -3.67. The van der Waals surface area contributed by atoms with Gasteiger partial charge in [0, 0.05) is 0 Å². The minimum atomic E-state index is -3.67. The highest BCUT2D eigenvalue weighted by atomic mass is 32.2. The fourth-order valence-corrected chi connectivity index (χ4v) is 3.83. The molecule has 0 fully saturated rings. The van der Waals surface area contributed by atoms with Crippen molar-refractivity contribution in [2.24, 2.45) is 0 Å². The largest absolute Gasteiger partial charge is 0.309 e. The highest BCUT2D eigenvalue weighted by Gasteiger charge is 2.20. The molecule has 3 rings (SSSR count). The van der Waals surface area contributed by atoms with E-state index in [1.807, 2.05) is 5.38 Å². The van der Waals surface area contributed by atoms with Crippen LogP contribution in [0.5, 0.6) is 0 Å². The SMILES string of the molecule is O=C(CS(=O)(=O)c1ccccc1)Nc1ncnc2sccc12. The van der Waals surface area contributed by atoms with E-state index in [2.05, 4.69) is 15.3 Å². The first-order valence-electron chi connectivity index (χ1n) is 6.32. The maximum Gasteiger partial charge on any atom is 0.241 e. The van der Waals surface area contributed by atoms with Gasteiger partial charge in [-0.2, -0.15) is 0 Å². The first-order valence-corrected chi connectivity index (χ1v) is 8.85. The molecular formula is C14H11N3O3S2. The number of anilines is 1. The van der Waals surface area contributed by atoms with E-state index in [1.54, 1.807) is 24.3 Å². The average molecular weight is 333 g/mol. The Morgan fingerprint density at radius 3 is 2.68 bits per heavy atom. The molecule has 0 spiro atoms. The zero-order valence-corrected chi connectivity index (χ0v) is 12.9. The van der Waals surface area contributed by atoms with Crippen molar-refractivity contribution in [3.8, 4) is 0 Å². The predicted molar refractivity (Wildman–Crippen MR) is 84.5 cm³/mol. The summed E-state index contributed by atoms with van der Waals surface area (Å²) in [5.41, 5.74) is 0. The topological polar surface area (TPSA) is 89.0 Å². The number of hydrogen-bond donors (Lipinski definition) is 1. The summed E-state index contributed by atoms with van der Waals surface area (Å²) in [5, 5.41) is 5.06. The van der Waals surface area contributed by atoms with Gasteiger partial charge < -0.3 is 5.32 Å². The summed E-state index contributed by atoms with van der Waals surface area (Å²) >= 11 is 1.42. The molecule has 1 amide bonds. The molecule has 0 saturated carbocycles. The van der Waals surface area contributed by atoms with Gasteiger partial charge in [0.25, 0.3) is 0 Å². The molecule has 0 atom stereocenters. The third-order valence-corrected chi connectivity index (χ3v) is 5.40. The lowest BCUT2D eigenvalue weighted by molar-refractivity contribution is -0.113. The van der Waals surface area contributed by atoms with Gasteiger partial charge >= 0.3 is 0 Å². The summed E-state index contributed by atoms with van der Waals surface area (Å²) in [6, 6.07) is 9.65. The van der Waals surface area contributed by atoms with Gasteiger partial charge in [0.05, 0.1) is 10.3 Å². The number of rotatable bonds is 4. The molecule has 0 radical (unpaired) electrons. The maximum absolute atomic E-state index is 12.2. The maximum atomic E-state index is 12.2. The van der Waals surface area contributed by atoms with Gasteiger partial charge in [0.1, 0.15) is 22.7 Å². The summed E-state index contributed by atoms with van der Waals surface area (Å²) in [6.45, 7) is 0. The fourth-order valence-electron chi connectivity index (χ4n) is 1.94. The van der Waals surface area contributed by atoms with E-state index in [-0.39, 0.29) is 4.90 Å². The minimum absolute atomic E-state index is 0.119. The van der Waals surface area contributed by atoms with Gasteiger partial charge in [-0.05, 0) is 23.6 Å². The smallest absolute Gasteiger partial charge is 0.241 e. The van der Waals surface area contributed by atoms with Crippen LogP contribution < -0.4 is 5.32 Å². The van der Waals surface area contributed by atoms with Crippen LogP contribution >= 0.6 is 11.3 Å². The van der Waals surface area contributed by atoms with Crippen LogP contribution in [0.25, 0.3) is 10.2 Å². The number of nitrogens with zero attached hydrogens (tertiary/aromatic N) is 2. The van der Waals surface area contributed by atoms with Crippen molar-refractivity contribution in [3.63, 3.8) is 0 Å². The van der Waals surface area contributed by atoms with Crippen molar-refractivity contribution in [1.29, 1.82) is 0 Å². The molecule has 6 nitrogen and oxygen atoms in total. The van der Waals surface area contributed by atoms with Gasteiger partial charge in [0.15, 0.2) is 9.84 Å². The fraction of sp³-hybridized carbons (Fsp3) is 0.0714. The van der Waals surface area contributed by atoms with Crippen molar-refractivity contribution >= 4 is 43.1 Å². The van der Waals surface area contributed by atoms with Crippen LogP contribution in [0.1, 0.15) is 0 Å². The lowest BCUT2D eigenvalue weighted by Crippen LogP contribution is -2.23. The van der Waals surface area contributed by atoms with Crippen LogP contribution in [-0.4, -0.2) is 30.0 Å². The zero-order chi connectivity index (χ0) is 15.6. The second-order valence-electron chi connectivity index (χ2n) is 4.48. The van der Waals surface area contributed by atoms with Gasteiger partial charge in [0.2, 0.25) is 5.91 Å². The molecule has 0 unspecified atom stereocenters. The molecule has 112 valence electrons. The quantitative estimate of drug-likeness (QED) is 0.790. The lowest BCUT2D eigenvalue weighted by Gasteiger charge is -2.06. The van der Waals surface area contributed by atoms with E-state index in [0.717, 1.165) is 4.83 Å². The molecule has 0 aliphatic carbocycles. The molecule has 0 bridgehead atoms. The highest BCUT2D eigenvalue weighted by molar-refractivity contribution is 7.92. The number of carbonyl (C=O) groups excluding carboxylic acids is 1. The number of benzene rings is 1. The monoisotopic (exact) mass is 333 g/mol. The lowest BCUT2D eigenvalue weighted by atomic mass is 10.4. The Bertz CT molecular complexity index is 921. The Morgan fingerprint density at radius 1 is 1.14 bits per heavy atom. The van der Waals surface area contributed by atoms with E-state index in [1.165, 1.54) is 29.8 Å². The number of nitrogens with one attached hydrogen (secondary N) is 1. The number of carbonyl (C=O) groups is 1. The van der Waals surface area contributed by atoms with Gasteiger partial charge in [-0.1, -0.05) is 18.2 Å². The van der Waals surface area contributed by atoms with Gasteiger partial charge in [-0.15, -0.1) is 11.3 Å². The highest BCUT2D eigenvalue weighted by Crippen LogP contribution is 2.23. The van der Waals surface area contributed by atoms with Crippen LogP contribution in [0.3, 0.4) is 0 Å². The van der Waals surface area contributed by atoms with Crippen molar-refractivity contribution in [3.05, 3.63) is 48.1 Å². The Hall–Kier alpha value is -2.32. The number of aromatic nitrogens is 2. The third-order valence-electron chi connectivity index (χ3n) is 2.94. The minimum Gasteiger partial charge on any atom is -0.309 e. The van der Waals surface area contributed by atoms with E-state index >= 15 is 0 Å².